The van der Waals surface area contributed by atoms with Crippen LogP contribution in [0.4, 0.5) is 18.9 Å². The summed E-state index contributed by atoms with van der Waals surface area (Å²) in [5.41, 5.74) is 1.10. The average Bonchev–Trinajstić information content (AvgIpc) is 2.47. The van der Waals surface area contributed by atoms with Crippen LogP contribution in [0.1, 0.15) is 5.56 Å². The van der Waals surface area contributed by atoms with Gasteiger partial charge in [0.05, 0.1) is 17.7 Å². The van der Waals surface area contributed by atoms with Gasteiger partial charge in [0, 0.05) is 0 Å². The fraction of sp³-hybridized carbons (Fsp3) is 0.200. The predicted molar refractivity (Wildman–Crippen MR) is 81.7 cm³/mol. The normalized spacial score (nSPS) is 11.9. The summed E-state index contributed by atoms with van der Waals surface area (Å²) in [5, 5.41) is 0. The lowest BCUT2D eigenvalue weighted by atomic mass is 10.2. The number of hydrogen-bond acceptors (Lipinski definition) is 4. The van der Waals surface area contributed by atoms with Gasteiger partial charge < -0.3 is 9.47 Å². The Bertz CT molecular complexity index is 818. The van der Waals surface area contributed by atoms with E-state index >= 15 is 0 Å². The minimum Gasteiger partial charge on any atom is -0.495 e. The van der Waals surface area contributed by atoms with Crippen molar-refractivity contribution in [2.75, 3.05) is 11.8 Å². The number of halogens is 3. The molecular formula is C15H14F3NO4S. The minimum absolute atomic E-state index is 0.209. The fourth-order valence-corrected chi connectivity index (χ4v) is 2.98. The first kappa shape index (κ1) is 17.9. The summed E-state index contributed by atoms with van der Waals surface area (Å²) in [5.74, 6) is -0.176. The van der Waals surface area contributed by atoms with Crippen LogP contribution in [0, 0.1) is 6.92 Å². The van der Waals surface area contributed by atoms with Gasteiger partial charge in [-0.1, -0.05) is 6.07 Å². The van der Waals surface area contributed by atoms with Crippen molar-refractivity contribution in [3.8, 4) is 11.5 Å². The first-order valence-corrected chi connectivity index (χ1v) is 8.12. The van der Waals surface area contributed by atoms with Gasteiger partial charge in [0.25, 0.3) is 10.0 Å². The fourth-order valence-electron chi connectivity index (χ4n) is 1.91. The molecule has 0 bridgehead atoms. The highest BCUT2D eigenvalue weighted by molar-refractivity contribution is 7.92. The van der Waals surface area contributed by atoms with E-state index in [4.69, 9.17) is 4.74 Å². The number of rotatable bonds is 5. The van der Waals surface area contributed by atoms with Crippen molar-refractivity contribution in [3.05, 3.63) is 48.0 Å². The maximum absolute atomic E-state index is 12.3. The smallest absolute Gasteiger partial charge is 0.495 e. The Balaban J connectivity index is 2.25. The Morgan fingerprint density at radius 1 is 1.04 bits per heavy atom. The molecule has 0 saturated heterocycles. The lowest BCUT2D eigenvalue weighted by Crippen LogP contribution is -2.17. The summed E-state index contributed by atoms with van der Waals surface area (Å²) in [7, 11) is -2.59. The molecule has 2 aromatic rings. The predicted octanol–water partition coefficient (Wildman–Crippen LogP) is 3.70. The Morgan fingerprint density at radius 3 is 2.21 bits per heavy atom. The first-order chi connectivity index (χ1) is 11.1. The molecule has 5 nitrogen and oxygen atoms in total. The summed E-state index contributed by atoms with van der Waals surface area (Å²) in [6, 6.07) is 8.77. The second-order valence-electron chi connectivity index (χ2n) is 4.83. The van der Waals surface area contributed by atoms with Crippen LogP contribution in [0.2, 0.25) is 0 Å². The van der Waals surface area contributed by atoms with E-state index in [1.54, 1.807) is 12.1 Å². The quantitative estimate of drug-likeness (QED) is 0.882. The summed E-state index contributed by atoms with van der Waals surface area (Å²) < 4.78 is 72.1. The number of anilines is 1. The van der Waals surface area contributed by atoms with E-state index in [-0.39, 0.29) is 10.6 Å². The van der Waals surface area contributed by atoms with Gasteiger partial charge in [-0.05, 0) is 48.9 Å². The third kappa shape index (κ3) is 4.54. The van der Waals surface area contributed by atoms with Gasteiger partial charge >= 0.3 is 6.36 Å². The summed E-state index contributed by atoms with van der Waals surface area (Å²) >= 11 is 0. The lowest BCUT2D eigenvalue weighted by Gasteiger charge is -2.13. The molecule has 2 rings (SSSR count). The summed E-state index contributed by atoms with van der Waals surface area (Å²) in [4.78, 5) is -0.209. The van der Waals surface area contributed by atoms with Crippen molar-refractivity contribution in [2.24, 2.45) is 0 Å². The largest absolute Gasteiger partial charge is 0.573 e. The highest BCUT2D eigenvalue weighted by Crippen LogP contribution is 2.29. The van der Waals surface area contributed by atoms with Gasteiger partial charge in [0.2, 0.25) is 0 Å². The number of alkyl halides is 3. The minimum atomic E-state index is -4.84. The maximum Gasteiger partial charge on any atom is 0.573 e. The van der Waals surface area contributed by atoms with Gasteiger partial charge in [-0.3, -0.25) is 4.72 Å². The van der Waals surface area contributed by atoms with Crippen LogP contribution in [-0.2, 0) is 10.0 Å². The summed E-state index contributed by atoms with van der Waals surface area (Å²) in [6.45, 7) is 1.82. The van der Waals surface area contributed by atoms with Crippen LogP contribution in [0.15, 0.2) is 47.4 Å². The Labute approximate surface area is 137 Å². The van der Waals surface area contributed by atoms with Crippen LogP contribution in [0.3, 0.4) is 0 Å². The molecule has 9 heteroatoms. The second kappa shape index (κ2) is 6.60. The highest BCUT2D eigenvalue weighted by Gasteiger charge is 2.31. The molecule has 0 unspecified atom stereocenters. The third-order valence-electron chi connectivity index (χ3n) is 2.97. The third-order valence-corrected chi connectivity index (χ3v) is 4.35. The molecule has 0 heterocycles. The molecule has 0 aliphatic heterocycles. The zero-order valence-corrected chi connectivity index (χ0v) is 13.5. The topological polar surface area (TPSA) is 64.6 Å². The molecule has 0 aliphatic carbocycles. The molecule has 130 valence electrons. The molecule has 0 amide bonds. The van der Waals surface area contributed by atoms with E-state index in [0.717, 1.165) is 29.8 Å². The standard InChI is InChI=1S/C15H14F3NO4S/c1-10-3-8-13(14(9-10)22-2)19-24(20,21)12-6-4-11(5-7-12)23-15(16,17)18/h3-9,19H,1-2H3. The Kier molecular flexibility index (Phi) is 4.93. The number of ether oxygens (including phenoxy) is 2. The van der Waals surface area contributed by atoms with Gasteiger partial charge in [-0.15, -0.1) is 13.2 Å². The molecular weight excluding hydrogens is 347 g/mol. The number of nitrogens with one attached hydrogen (secondary N) is 1. The van der Waals surface area contributed by atoms with Gasteiger partial charge in [-0.2, -0.15) is 0 Å². The van der Waals surface area contributed by atoms with Gasteiger partial charge in [-0.25, -0.2) is 8.42 Å². The molecule has 0 saturated carbocycles. The lowest BCUT2D eigenvalue weighted by molar-refractivity contribution is -0.274. The van der Waals surface area contributed by atoms with Crippen molar-refractivity contribution in [1.82, 2.24) is 0 Å². The van der Waals surface area contributed by atoms with Gasteiger partial charge in [0.15, 0.2) is 0 Å². The van der Waals surface area contributed by atoms with Crippen LogP contribution in [-0.4, -0.2) is 21.9 Å². The van der Waals surface area contributed by atoms with Crippen molar-refractivity contribution < 1.29 is 31.1 Å². The number of aryl methyl sites for hydroxylation is 1. The highest BCUT2D eigenvalue weighted by atomic mass is 32.2. The molecule has 0 aromatic heterocycles. The molecule has 0 fully saturated rings. The number of methoxy groups -OCH3 is 1. The Hall–Kier alpha value is -2.42. The van der Waals surface area contributed by atoms with E-state index in [1.807, 2.05) is 6.92 Å². The second-order valence-corrected chi connectivity index (χ2v) is 6.51. The van der Waals surface area contributed by atoms with Crippen LogP contribution in [0.5, 0.6) is 11.5 Å². The first-order valence-electron chi connectivity index (χ1n) is 6.64. The molecule has 0 spiro atoms. The molecule has 2 aromatic carbocycles. The maximum atomic E-state index is 12.3. The molecule has 1 N–H and O–H groups in total. The van der Waals surface area contributed by atoms with E-state index in [2.05, 4.69) is 9.46 Å². The van der Waals surface area contributed by atoms with Crippen molar-refractivity contribution in [3.63, 3.8) is 0 Å². The van der Waals surface area contributed by atoms with Crippen LogP contribution < -0.4 is 14.2 Å². The zero-order chi connectivity index (χ0) is 18.0. The molecule has 24 heavy (non-hydrogen) atoms. The molecule has 0 atom stereocenters. The average molecular weight is 361 g/mol. The van der Waals surface area contributed by atoms with Crippen molar-refractivity contribution in [1.29, 1.82) is 0 Å². The number of sulfonamides is 1. The van der Waals surface area contributed by atoms with E-state index < -0.39 is 22.1 Å². The monoisotopic (exact) mass is 361 g/mol. The van der Waals surface area contributed by atoms with E-state index in [9.17, 15) is 21.6 Å². The van der Waals surface area contributed by atoms with Crippen molar-refractivity contribution in [2.45, 2.75) is 18.2 Å². The number of hydrogen-bond donors (Lipinski definition) is 1. The SMILES string of the molecule is COc1cc(C)ccc1NS(=O)(=O)c1ccc(OC(F)(F)F)cc1. The van der Waals surface area contributed by atoms with Crippen LogP contribution in [0.25, 0.3) is 0 Å². The van der Waals surface area contributed by atoms with Crippen LogP contribution >= 0.6 is 0 Å². The van der Waals surface area contributed by atoms with E-state index in [0.29, 0.717) is 5.75 Å². The Morgan fingerprint density at radius 2 is 1.67 bits per heavy atom. The van der Waals surface area contributed by atoms with E-state index in [1.165, 1.54) is 13.2 Å². The number of benzene rings is 2. The zero-order valence-electron chi connectivity index (χ0n) is 12.7. The molecule has 0 aliphatic rings. The summed E-state index contributed by atoms with van der Waals surface area (Å²) in [6.07, 6.45) is -4.84. The van der Waals surface area contributed by atoms with Crippen molar-refractivity contribution >= 4 is 15.7 Å². The molecule has 0 radical (unpaired) electrons. The van der Waals surface area contributed by atoms with Gasteiger partial charge in [0.1, 0.15) is 11.5 Å².